The molecule has 1 unspecified atom stereocenters. The molecular formula is C13H22N2O2. The predicted molar refractivity (Wildman–Crippen MR) is 65.4 cm³/mol. The van der Waals surface area contributed by atoms with Crippen LogP contribution in [-0.2, 0) is 9.59 Å². The Balaban J connectivity index is 1.81. The zero-order valence-electron chi connectivity index (χ0n) is 10.6. The van der Waals surface area contributed by atoms with Gasteiger partial charge in [-0.1, -0.05) is 19.8 Å². The molecule has 2 fully saturated rings. The number of imide groups is 1. The minimum atomic E-state index is -0.255. The first kappa shape index (κ1) is 12.6. The minimum absolute atomic E-state index is 0.0132. The molecule has 2 aliphatic rings. The maximum atomic E-state index is 12.0. The van der Waals surface area contributed by atoms with E-state index in [1.54, 1.807) is 0 Å². The lowest BCUT2D eigenvalue weighted by Crippen LogP contribution is -2.40. The van der Waals surface area contributed by atoms with Crippen molar-refractivity contribution < 1.29 is 9.59 Å². The Morgan fingerprint density at radius 3 is 2.65 bits per heavy atom. The van der Waals surface area contributed by atoms with Gasteiger partial charge in [-0.15, -0.1) is 0 Å². The second-order valence-electron chi connectivity index (χ2n) is 5.20. The molecular weight excluding hydrogens is 216 g/mol. The number of rotatable bonds is 5. The molecule has 1 saturated heterocycles. The summed E-state index contributed by atoms with van der Waals surface area (Å²) in [5, 5.41) is 3.28. The van der Waals surface area contributed by atoms with E-state index in [9.17, 15) is 9.59 Å². The molecule has 0 spiro atoms. The SMILES string of the molecule is CCCN1C(=O)CC(NCC2CCCC2)C1=O. The molecule has 96 valence electrons. The highest BCUT2D eigenvalue weighted by Crippen LogP contribution is 2.24. The summed E-state index contributed by atoms with van der Waals surface area (Å²) >= 11 is 0. The lowest BCUT2D eigenvalue weighted by molar-refractivity contribution is -0.138. The average Bonchev–Trinajstić information content (AvgIpc) is 2.90. The number of hydrogen-bond donors (Lipinski definition) is 1. The maximum Gasteiger partial charge on any atom is 0.246 e. The highest BCUT2D eigenvalue weighted by Gasteiger charge is 2.37. The van der Waals surface area contributed by atoms with Crippen LogP contribution in [0.3, 0.4) is 0 Å². The van der Waals surface area contributed by atoms with Gasteiger partial charge in [0.25, 0.3) is 0 Å². The molecule has 4 heteroatoms. The second-order valence-corrected chi connectivity index (χ2v) is 5.20. The second kappa shape index (κ2) is 5.63. The molecule has 0 radical (unpaired) electrons. The highest BCUT2D eigenvalue weighted by atomic mass is 16.2. The van der Waals surface area contributed by atoms with Gasteiger partial charge in [-0.2, -0.15) is 0 Å². The predicted octanol–water partition coefficient (Wildman–Crippen LogP) is 1.30. The topological polar surface area (TPSA) is 49.4 Å². The molecule has 0 aromatic rings. The molecule has 1 aliphatic heterocycles. The zero-order chi connectivity index (χ0) is 12.3. The largest absolute Gasteiger partial charge is 0.305 e. The van der Waals surface area contributed by atoms with Crippen molar-refractivity contribution in [1.82, 2.24) is 10.2 Å². The third kappa shape index (κ3) is 2.86. The fourth-order valence-electron chi connectivity index (χ4n) is 2.82. The van der Waals surface area contributed by atoms with E-state index in [2.05, 4.69) is 5.32 Å². The van der Waals surface area contributed by atoms with E-state index in [-0.39, 0.29) is 17.9 Å². The third-order valence-corrected chi connectivity index (χ3v) is 3.82. The summed E-state index contributed by atoms with van der Waals surface area (Å²) in [6.45, 7) is 3.45. The zero-order valence-corrected chi connectivity index (χ0v) is 10.6. The first-order chi connectivity index (χ1) is 8.22. The standard InChI is InChI=1S/C13H22N2O2/c1-2-7-15-12(16)8-11(13(15)17)14-9-10-5-3-4-6-10/h10-11,14H,2-9H2,1H3. The van der Waals surface area contributed by atoms with Gasteiger partial charge in [0.1, 0.15) is 0 Å². The Kier molecular flexibility index (Phi) is 4.15. The van der Waals surface area contributed by atoms with Crippen LogP contribution in [0.25, 0.3) is 0 Å². The molecule has 2 amide bonds. The van der Waals surface area contributed by atoms with E-state index in [4.69, 9.17) is 0 Å². The minimum Gasteiger partial charge on any atom is -0.305 e. The van der Waals surface area contributed by atoms with Gasteiger partial charge in [-0.05, 0) is 31.7 Å². The lowest BCUT2D eigenvalue weighted by atomic mass is 10.1. The van der Waals surface area contributed by atoms with Crippen LogP contribution in [-0.4, -0.2) is 35.8 Å². The molecule has 0 aromatic carbocycles. The number of nitrogens with one attached hydrogen (secondary N) is 1. The van der Waals surface area contributed by atoms with Crippen molar-refractivity contribution in [2.75, 3.05) is 13.1 Å². The highest BCUT2D eigenvalue weighted by molar-refractivity contribution is 6.05. The van der Waals surface area contributed by atoms with Crippen molar-refractivity contribution in [3.63, 3.8) is 0 Å². The molecule has 17 heavy (non-hydrogen) atoms. The molecule has 1 saturated carbocycles. The Hall–Kier alpha value is -0.900. The van der Waals surface area contributed by atoms with Crippen molar-refractivity contribution in [3.05, 3.63) is 0 Å². The summed E-state index contributed by atoms with van der Waals surface area (Å²) in [4.78, 5) is 25.0. The van der Waals surface area contributed by atoms with Gasteiger partial charge in [0.15, 0.2) is 0 Å². The van der Waals surface area contributed by atoms with E-state index in [0.717, 1.165) is 13.0 Å². The summed E-state index contributed by atoms with van der Waals surface area (Å²) in [5.41, 5.74) is 0. The first-order valence-corrected chi connectivity index (χ1v) is 6.80. The Labute approximate surface area is 103 Å². The van der Waals surface area contributed by atoms with E-state index in [1.165, 1.54) is 30.6 Å². The molecule has 1 heterocycles. The molecule has 4 nitrogen and oxygen atoms in total. The van der Waals surface area contributed by atoms with E-state index in [0.29, 0.717) is 18.9 Å². The Morgan fingerprint density at radius 2 is 2.00 bits per heavy atom. The Bertz CT molecular complexity index is 298. The smallest absolute Gasteiger partial charge is 0.246 e. The first-order valence-electron chi connectivity index (χ1n) is 6.80. The fraction of sp³-hybridized carbons (Fsp3) is 0.846. The third-order valence-electron chi connectivity index (χ3n) is 3.82. The van der Waals surface area contributed by atoms with Crippen molar-refractivity contribution in [3.8, 4) is 0 Å². The van der Waals surface area contributed by atoms with Gasteiger partial charge in [0.05, 0.1) is 12.5 Å². The summed E-state index contributed by atoms with van der Waals surface area (Å²) in [7, 11) is 0. The normalized spacial score (nSPS) is 26.2. The molecule has 0 aromatic heterocycles. The molecule has 0 bridgehead atoms. The maximum absolute atomic E-state index is 12.0. The van der Waals surface area contributed by atoms with Crippen LogP contribution >= 0.6 is 0 Å². The fourth-order valence-corrected chi connectivity index (χ4v) is 2.82. The monoisotopic (exact) mass is 238 g/mol. The van der Waals surface area contributed by atoms with Gasteiger partial charge in [-0.25, -0.2) is 0 Å². The van der Waals surface area contributed by atoms with Gasteiger partial charge in [-0.3, -0.25) is 14.5 Å². The van der Waals surface area contributed by atoms with Crippen molar-refractivity contribution in [2.45, 2.75) is 51.5 Å². The van der Waals surface area contributed by atoms with Gasteiger partial charge < -0.3 is 5.32 Å². The van der Waals surface area contributed by atoms with Crippen LogP contribution < -0.4 is 5.32 Å². The molecule has 1 N–H and O–H groups in total. The average molecular weight is 238 g/mol. The van der Waals surface area contributed by atoms with Gasteiger partial charge in [0, 0.05) is 6.54 Å². The number of hydrogen-bond acceptors (Lipinski definition) is 3. The number of amides is 2. The molecule has 1 atom stereocenters. The van der Waals surface area contributed by atoms with Crippen molar-refractivity contribution >= 4 is 11.8 Å². The van der Waals surface area contributed by atoms with Gasteiger partial charge in [0.2, 0.25) is 11.8 Å². The number of carbonyl (C=O) groups is 2. The summed E-state index contributed by atoms with van der Waals surface area (Å²) in [6.07, 6.45) is 6.34. The summed E-state index contributed by atoms with van der Waals surface area (Å²) < 4.78 is 0. The lowest BCUT2D eigenvalue weighted by Gasteiger charge is -2.16. The quantitative estimate of drug-likeness (QED) is 0.735. The molecule has 2 rings (SSSR count). The van der Waals surface area contributed by atoms with Crippen LogP contribution in [0, 0.1) is 5.92 Å². The van der Waals surface area contributed by atoms with Gasteiger partial charge >= 0.3 is 0 Å². The molecule has 1 aliphatic carbocycles. The number of likely N-dealkylation sites (tertiary alicyclic amines) is 1. The van der Waals surface area contributed by atoms with E-state index >= 15 is 0 Å². The van der Waals surface area contributed by atoms with Crippen molar-refractivity contribution in [1.29, 1.82) is 0 Å². The van der Waals surface area contributed by atoms with Crippen LogP contribution in [0.2, 0.25) is 0 Å². The van der Waals surface area contributed by atoms with Crippen molar-refractivity contribution in [2.24, 2.45) is 5.92 Å². The number of nitrogens with zero attached hydrogens (tertiary/aromatic N) is 1. The summed E-state index contributed by atoms with van der Waals surface area (Å²) in [5.74, 6) is 0.675. The van der Waals surface area contributed by atoms with Crippen LogP contribution in [0.15, 0.2) is 0 Å². The van der Waals surface area contributed by atoms with Crippen LogP contribution in [0.1, 0.15) is 45.4 Å². The number of carbonyl (C=O) groups excluding carboxylic acids is 2. The summed E-state index contributed by atoms with van der Waals surface area (Å²) in [6, 6.07) is -0.255. The van der Waals surface area contributed by atoms with Crippen LogP contribution in [0.4, 0.5) is 0 Å². The van der Waals surface area contributed by atoms with E-state index in [1.807, 2.05) is 6.92 Å². The van der Waals surface area contributed by atoms with Crippen LogP contribution in [0.5, 0.6) is 0 Å². The Morgan fingerprint density at radius 1 is 1.29 bits per heavy atom. The van der Waals surface area contributed by atoms with E-state index < -0.39 is 0 Å².